The van der Waals surface area contributed by atoms with E-state index in [0.29, 0.717) is 18.5 Å². The molecule has 0 radical (unpaired) electrons. The summed E-state index contributed by atoms with van der Waals surface area (Å²) in [6.07, 6.45) is 0.856. The van der Waals surface area contributed by atoms with E-state index in [1.807, 2.05) is 50.2 Å². The maximum absolute atomic E-state index is 12.6. The molecule has 0 saturated heterocycles. The van der Waals surface area contributed by atoms with Gasteiger partial charge in [-0.15, -0.1) is 0 Å². The third-order valence-electron chi connectivity index (χ3n) is 4.90. The van der Waals surface area contributed by atoms with Crippen molar-refractivity contribution in [2.75, 3.05) is 4.72 Å². The maximum Gasteiger partial charge on any atom is 0.261 e. The van der Waals surface area contributed by atoms with Crippen LogP contribution in [-0.2, 0) is 21.2 Å². The molecule has 2 N–H and O–H groups in total. The normalized spacial score (nSPS) is 12.2. The lowest BCUT2D eigenvalue weighted by atomic mass is 10.1. The number of halogens is 1. The number of amides is 1. The zero-order valence-electron chi connectivity index (χ0n) is 17.4. The van der Waals surface area contributed by atoms with E-state index >= 15 is 0 Å². The monoisotopic (exact) mass is 500 g/mol. The number of hydrogen-bond donors (Lipinski definition) is 2. The fourth-order valence-corrected chi connectivity index (χ4v) is 4.58. The van der Waals surface area contributed by atoms with E-state index in [9.17, 15) is 13.2 Å². The van der Waals surface area contributed by atoms with Gasteiger partial charge < -0.3 is 5.32 Å². The standard InChI is InChI=1S/C24H25BrN2O3S/c1-17-6-11-22(12-7-17)27-31(29,30)23-13-8-19(9-14-23)10-15-24(28)26-18(2)20-4-3-5-21(25)16-20/h3-9,11-14,16,18,27H,10,15H2,1-2H3,(H,26,28)/t18-/m1/s1. The second-order valence-electron chi connectivity index (χ2n) is 7.46. The van der Waals surface area contributed by atoms with Gasteiger partial charge in [0.2, 0.25) is 5.91 Å². The van der Waals surface area contributed by atoms with Crippen molar-refractivity contribution in [3.05, 3.63) is 94.0 Å². The van der Waals surface area contributed by atoms with Gasteiger partial charge in [0.1, 0.15) is 0 Å². The van der Waals surface area contributed by atoms with Crippen molar-refractivity contribution in [2.24, 2.45) is 0 Å². The molecule has 0 aliphatic carbocycles. The molecule has 3 aromatic rings. The summed E-state index contributed by atoms with van der Waals surface area (Å²) in [7, 11) is -3.66. The number of benzene rings is 3. The van der Waals surface area contributed by atoms with Crippen LogP contribution in [0, 0.1) is 6.92 Å². The number of nitrogens with one attached hydrogen (secondary N) is 2. The van der Waals surface area contributed by atoms with Gasteiger partial charge >= 0.3 is 0 Å². The molecule has 5 nitrogen and oxygen atoms in total. The first-order chi connectivity index (χ1) is 14.7. The van der Waals surface area contributed by atoms with Crippen molar-refractivity contribution in [1.82, 2.24) is 5.32 Å². The maximum atomic E-state index is 12.6. The smallest absolute Gasteiger partial charge is 0.261 e. The summed E-state index contributed by atoms with van der Waals surface area (Å²) in [6.45, 7) is 3.89. The molecule has 0 heterocycles. The predicted molar refractivity (Wildman–Crippen MR) is 127 cm³/mol. The van der Waals surface area contributed by atoms with Crippen molar-refractivity contribution in [2.45, 2.75) is 37.6 Å². The Morgan fingerprint density at radius 2 is 1.68 bits per heavy atom. The Morgan fingerprint density at radius 1 is 1.00 bits per heavy atom. The van der Waals surface area contributed by atoms with E-state index in [-0.39, 0.29) is 16.8 Å². The lowest BCUT2D eigenvalue weighted by Crippen LogP contribution is -2.26. The highest BCUT2D eigenvalue weighted by molar-refractivity contribution is 9.10. The minimum atomic E-state index is -3.66. The summed E-state index contributed by atoms with van der Waals surface area (Å²) in [6, 6.07) is 21.5. The molecule has 0 aliphatic heterocycles. The molecule has 0 unspecified atom stereocenters. The van der Waals surface area contributed by atoms with E-state index in [1.54, 1.807) is 36.4 Å². The third-order valence-corrected chi connectivity index (χ3v) is 6.79. The summed E-state index contributed by atoms with van der Waals surface area (Å²) >= 11 is 3.44. The summed E-state index contributed by atoms with van der Waals surface area (Å²) < 4.78 is 28.7. The fourth-order valence-electron chi connectivity index (χ4n) is 3.10. The van der Waals surface area contributed by atoms with Gasteiger partial charge in [-0.25, -0.2) is 8.42 Å². The van der Waals surface area contributed by atoms with Gasteiger partial charge in [-0.1, -0.05) is 57.9 Å². The second kappa shape index (κ2) is 10.1. The van der Waals surface area contributed by atoms with E-state index in [4.69, 9.17) is 0 Å². The van der Waals surface area contributed by atoms with Crippen molar-refractivity contribution in [3.8, 4) is 0 Å². The first kappa shape index (κ1) is 23.0. The van der Waals surface area contributed by atoms with Crippen LogP contribution >= 0.6 is 15.9 Å². The van der Waals surface area contributed by atoms with Crippen molar-refractivity contribution in [3.63, 3.8) is 0 Å². The van der Waals surface area contributed by atoms with Crippen molar-refractivity contribution >= 4 is 37.5 Å². The van der Waals surface area contributed by atoms with Gasteiger partial charge in [0, 0.05) is 16.6 Å². The average molecular weight is 501 g/mol. The number of anilines is 1. The van der Waals surface area contributed by atoms with Crippen LogP contribution in [0.3, 0.4) is 0 Å². The molecule has 0 spiro atoms. The van der Waals surface area contributed by atoms with Gasteiger partial charge in [0.05, 0.1) is 10.9 Å². The Labute approximate surface area is 192 Å². The van der Waals surface area contributed by atoms with Crippen LogP contribution in [0.25, 0.3) is 0 Å². The number of carbonyl (C=O) groups is 1. The summed E-state index contributed by atoms with van der Waals surface area (Å²) in [5, 5.41) is 2.99. The molecule has 1 amide bonds. The molecule has 0 aliphatic rings. The average Bonchev–Trinajstić information content (AvgIpc) is 2.74. The number of aryl methyl sites for hydroxylation is 2. The highest BCUT2D eigenvalue weighted by Gasteiger charge is 2.14. The quantitative estimate of drug-likeness (QED) is 0.436. The minimum Gasteiger partial charge on any atom is -0.350 e. The summed E-state index contributed by atoms with van der Waals surface area (Å²) in [5.74, 6) is -0.0507. The molecule has 7 heteroatoms. The van der Waals surface area contributed by atoms with Crippen molar-refractivity contribution in [1.29, 1.82) is 0 Å². The number of carbonyl (C=O) groups excluding carboxylic acids is 1. The zero-order valence-corrected chi connectivity index (χ0v) is 19.8. The molecular weight excluding hydrogens is 476 g/mol. The van der Waals surface area contributed by atoms with Crippen LogP contribution in [0.5, 0.6) is 0 Å². The predicted octanol–water partition coefficient (Wildman–Crippen LogP) is 5.37. The first-order valence-corrected chi connectivity index (χ1v) is 12.2. The molecule has 0 bridgehead atoms. The van der Waals surface area contributed by atoms with Gasteiger partial charge in [-0.3, -0.25) is 9.52 Å². The van der Waals surface area contributed by atoms with Crippen LogP contribution in [0.2, 0.25) is 0 Å². The third kappa shape index (κ3) is 6.67. The van der Waals surface area contributed by atoms with Gasteiger partial charge in [0.25, 0.3) is 10.0 Å². The lowest BCUT2D eigenvalue weighted by molar-refractivity contribution is -0.121. The SMILES string of the molecule is Cc1ccc(NS(=O)(=O)c2ccc(CCC(=O)N[C@H](C)c3cccc(Br)c3)cc2)cc1. The van der Waals surface area contributed by atoms with Crippen LogP contribution in [0.4, 0.5) is 5.69 Å². The minimum absolute atomic E-state index is 0.0507. The van der Waals surface area contributed by atoms with E-state index < -0.39 is 10.0 Å². The van der Waals surface area contributed by atoms with Crippen LogP contribution < -0.4 is 10.0 Å². The topological polar surface area (TPSA) is 75.3 Å². The summed E-state index contributed by atoms with van der Waals surface area (Å²) in [4.78, 5) is 12.5. The number of hydrogen-bond acceptors (Lipinski definition) is 3. The summed E-state index contributed by atoms with van der Waals surface area (Å²) in [5.41, 5.74) is 3.51. The molecule has 162 valence electrons. The number of rotatable bonds is 8. The molecular formula is C24H25BrN2O3S. The van der Waals surface area contributed by atoms with E-state index in [1.165, 1.54) is 0 Å². The molecule has 3 aromatic carbocycles. The second-order valence-corrected chi connectivity index (χ2v) is 10.1. The Balaban J connectivity index is 1.55. The Morgan fingerprint density at radius 3 is 2.32 bits per heavy atom. The highest BCUT2D eigenvalue weighted by Crippen LogP contribution is 2.19. The Kier molecular flexibility index (Phi) is 7.51. The number of sulfonamides is 1. The molecule has 1 atom stereocenters. The molecule has 31 heavy (non-hydrogen) atoms. The van der Waals surface area contributed by atoms with E-state index in [2.05, 4.69) is 26.0 Å². The Bertz CT molecular complexity index is 1140. The zero-order chi connectivity index (χ0) is 22.4. The molecule has 0 fully saturated rings. The van der Waals surface area contributed by atoms with Crippen molar-refractivity contribution < 1.29 is 13.2 Å². The largest absolute Gasteiger partial charge is 0.350 e. The van der Waals surface area contributed by atoms with Crippen LogP contribution in [-0.4, -0.2) is 14.3 Å². The van der Waals surface area contributed by atoms with Crippen LogP contribution in [0.1, 0.15) is 36.1 Å². The Hall–Kier alpha value is -2.64. The molecule has 0 saturated carbocycles. The van der Waals surface area contributed by atoms with Gasteiger partial charge in [0.15, 0.2) is 0 Å². The lowest BCUT2D eigenvalue weighted by Gasteiger charge is -2.15. The molecule has 3 rings (SSSR count). The molecule has 0 aromatic heterocycles. The van der Waals surface area contributed by atoms with Gasteiger partial charge in [-0.2, -0.15) is 0 Å². The van der Waals surface area contributed by atoms with Crippen LogP contribution in [0.15, 0.2) is 82.2 Å². The van der Waals surface area contributed by atoms with Gasteiger partial charge in [-0.05, 0) is 67.8 Å². The highest BCUT2D eigenvalue weighted by atomic mass is 79.9. The fraction of sp³-hybridized carbons (Fsp3) is 0.208. The van der Waals surface area contributed by atoms with E-state index in [0.717, 1.165) is 21.2 Å². The first-order valence-electron chi connectivity index (χ1n) is 9.96.